The zero-order chi connectivity index (χ0) is 18.6. The molecule has 1 aliphatic heterocycles. The van der Waals surface area contributed by atoms with Crippen LogP contribution >= 0.6 is 0 Å². The number of ether oxygens (including phenoxy) is 1. The Morgan fingerprint density at radius 1 is 1.32 bits per heavy atom. The van der Waals surface area contributed by atoms with Gasteiger partial charge in [-0.1, -0.05) is 12.1 Å². The van der Waals surface area contributed by atoms with Crippen molar-refractivity contribution in [3.63, 3.8) is 0 Å². The number of carbonyl (C=O) groups is 2. The SMILES string of the molecule is CCN(C(=O)C(=O)Nc1ccccc1OC(C)C)C1CCS(=O)(=O)C1. The number of rotatable bonds is 5. The number of para-hydroxylation sites is 2. The minimum Gasteiger partial charge on any atom is -0.489 e. The van der Waals surface area contributed by atoms with Gasteiger partial charge in [-0.05, 0) is 39.3 Å². The van der Waals surface area contributed by atoms with Crippen molar-refractivity contribution in [2.75, 3.05) is 23.4 Å². The lowest BCUT2D eigenvalue weighted by atomic mass is 10.2. The van der Waals surface area contributed by atoms with Crippen LogP contribution in [0.3, 0.4) is 0 Å². The topological polar surface area (TPSA) is 92.8 Å². The number of likely N-dealkylation sites (N-methyl/N-ethyl adjacent to an activating group) is 1. The van der Waals surface area contributed by atoms with E-state index < -0.39 is 27.7 Å². The van der Waals surface area contributed by atoms with E-state index in [-0.39, 0.29) is 24.2 Å². The van der Waals surface area contributed by atoms with Crippen LogP contribution in [-0.2, 0) is 19.4 Å². The van der Waals surface area contributed by atoms with E-state index in [4.69, 9.17) is 4.74 Å². The van der Waals surface area contributed by atoms with Gasteiger partial charge in [-0.25, -0.2) is 8.42 Å². The fraction of sp³-hybridized carbons (Fsp3) is 0.529. The second-order valence-electron chi connectivity index (χ2n) is 6.26. The molecule has 138 valence electrons. The third-order valence-electron chi connectivity index (χ3n) is 3.94. The molecular formula is C17H24N2O5S. The Balaban J connectivity index is 2.11. The summed E-state index contributed by atoms with van der Waals surface area (Å²) in [6, 6.07) is 6.42. The Kier molecular flexibility index (Phi) is 6.05. The van der Waals surface area contributed by atoms with Crippen molar-refractivity contribution < 1.29 is 22.7 Å². The first-order chi connectivity index (χ1) is 11.7. The summed E-state index contributed by atoms with van der Waals surface area (Å²) in [5.74, 6) is -1.10. The van der Waals surface area contributed by atoms with Crippen LogP contribution in [0, 0.1) is 0 Å². The number of hydrogen-bond donors (Lipinski definition) is 1. The van der Waals surface area contributed by atoms with E-state index in [0.717, 1.165) is 0 Å². The number of nitrogens with zero attached hydrogens (tertiary/aromatic N) is 1. The van der Waals surface area contributed by atoms with E-state index in [2.05, 4.69) is 5.32 Å². The number of amides is 2. The third kappa shape index (κ3) is 4.94. The number of benzene rings is 1. The quantitative estimate of drug-likeness (QED) is 0.794. The molecule has 1 fully saturated rings. The van der Waals surface area contributed by atoms with Crippen LogP contribution in [0.4, 0.5) is 5.69 Å². The molecule has 2 amide bonds. The lowest BCUT2D eigenvalue weighted by Crippen LogP contribution is -2.46. The van der Waals surface area contributed by atoms with Crippen LogP contribution < -0.4 is 10.1 Å². The van der Waals surface area contributed by atoms with Gasteiger partial charge < -0.3 is 15.0 Å². The van der Waals surface area contributed by atoms with Gasteiger partial charge in [0.05, 0.1) is 23.3 Å². The summed E-state index contributed by atoms with van der Waals surface area (Å²) in [6.45, 7) is 5.73. The molecule has 0 bridgehead atoms. The molecule has 0 aliphatic carbocycles. The molecule has 0 spiro atoms. The molecule has 1 N–H and O–H groups in total. The van der Waals surface area contributed by atoms with Crippen molar-refractivity contribution in [1.82, 2.24) is 4.90 Å². The zero-order valence-electron chi connectivity index (χ0n) is 14.7. The summed E-state index contributed by atoms with van der Waals surface area (Å²) in [4.78, 5) is 26.2. The van der Waals surface area contributed by atoms with E-state index in [1.54, 1.807) is 31.2 Å². The highest BCUT2D eigenvalue weighted by Gasteiger charge is 2.36. The van der Waals surface area contributed by atoms with Crippen LogP contribution in [0.1, 0.15) is 27.2 Å². The van der Waals surface area contributed by atoms with Crippen molar-refractivity contribution in [3.05, 3.63) is 24.3 Å². The fourth-order valence-corrected chi connectivity index (χ4v) is 4.55. The van der Waals surface area contributed by atoms with Crippen LogP contribution in [0.5, 0.6) is 5.75 Å². The Morgan fingerprint density at radius 3 is 2.56 bits per heavy atom. The van der Waals surface area contributed by atoms with Gasteiger partial charge in [0.1, 0.15) is 5.75 Å². The fourth-order valence-electron chi connectivity index (χ4n) is 2.82. The highest BCUT2D eigenvalue weighted by Crippen LogP contribution is 2.25. The average molecular weight is 368 g/mol. The van der Waals surface area contributed by atoms with Crippen LogP contribution in [0.15, 0.2) is 24.3 Å². The second-order valence-corrected chi connectivity index (χ2v) is 8.49. The molecule has 1 heterocycles. The lowest BCUT2D eigenvalue weighted by Gasteiger charge is -2.26. The summed E-state index contributed by atoms with van der Waals surface area (Å²) < 4.78 is 28.9. The van der Waals surface area contributed by atoms with E-state index in [0.29, 0.717) is 17.9 Å². The molecule has 1 aromatic carbocycles. The van der Waals surface area contributed by atoms with Crippen molar-refractivity contribution in [3.8, 4) is 5.75 Å². The Labute approximate surface area is 148 Å². The number of sulfone groups is 1. The normalized spacial score (nSPS) is 18.8. The molecule has 0 radical (unpaired) electrons. The number of hydrogen-bond acceptors (Lipinski definition) is 5. The zero-order valence-corrected chi connectivity index (χ0v) is 15.5. The summed E-state index contributed by atoms with van der Waals surface area (Å²) >= 11 is 0. The number of anilines is 1. The van der Waals surface area contributed by atoms with Crippen LogP contribution in [0.25, 0.3) is 0 Å². The van der Waals surface area contributed by atoms with Crippen molar-refractivity contribution in [2.24, 2.45) is 0 Å². The molecule has 1 aliphatic rings. The van der Waals surface area contributed by atoms with Crippen molar-refractivity contribution >= 4 is 27.3 Å². The molecule has 0 saturated carbocycles. The van der Waals surface area contributed by atoms with Gasteiger partial charge in [-0.15, -0.1) is 0 Å². The third-order valence-corrected chi connectivity index (χ3v) is 5.69. The maximum absolute atomic E-state index is 12.5. The largest absolute Gasteiger partial charge is 0.489 e. The van der Waals surface area contributed by atoms with E-state index in [1.165, 1.54) is 4.90 Å². The molecule has 1 saturated heterocycles. The monoisotopic (exact) mass is 368 g/mol. The smallest absolute Gasteiger partial charge is 0.314 e. The van der Waals surface area contributed by atoms with Crippen LogP contribution in [0.2, 0.25) is 0 Å². The molecule has 1 atom stereocenters. The first kappa shape index (κ1) is 19.2. The van der Waals surface area contributed by atoms with Gasteiger partial charge >= 0.3 is 11.8 Å². The van der Waals surface area contributed by atoms with Gasteiger partial charge in [0.15, 0.2) is 9.84 Å². The Bertz CT molecular complexity index is 745. The predicted molar refractivity (Wildman–Crippen MR) is 95.3 cm³/mol. The lowest BCUT2D eigenvalue weighted by molar-refractivity contribution is -0.144. The van der Waals surface area contributed by atoms with Gasteiger partial charge in [-0.2, -0.15) is 0 Å². The maximum Gasteiger partial charge on any atom is 0.314 e. The maximum atomic E-state index is 12.5. The molecule has 2 rings (SSSR count). The molecule has 8 heteroatoms. The predicted octanol–water partition coefficient (Wildman–Crippen LogP) is 1.45. The summed E-state index contributed by atoms with van der Waals surface area (Å²) in [5.41, 5.74) is 0.407. The molecular weight excluding hydrogens is 344 g/mol. The van der Waals surface area contributed by atoms with Gasteiger partial charge in [-0.3, -0.25) is 9.59 Å². The van der Waals surface area contributed by atoms with Crippen LogP contribution in [-0.4, -0.2) is 55.3 Å². The van der Waals surface area contributed by atoms with Crippen molar-refractivity contribution in [1.29, 1.82) is 0 Å². The molecule has 25 heavy (non-hydrogen) atoms. The van der Waals surface area contributed by atoms with E-state index >= 15 is 0 Å². The molecule has 1 aromatic rings. The highest BCUT2D eigenvalue weighted by molar-refractivity contribution is 7.91. The molecule has 0 aromatic heterocycles. The molecule has 7 nitrogen and oxygen atoms in total. The highest BCUT2D eigenvalue weighted by atomic mass is 32.2. The summed E-state index contributed by atoms with van der Waals surface area (Å²) in [7, 11) is -3.13. The van der Waals surface area contributed by atoms with Gasteiger partial charge in [0.2, 0.25) is 0 Å². The number of carbonyl (C=O) groups excluding carboxylic acids is 2. The summed E-state index contributed by atoms with van der Waals surface area (Å²) in [5, 5.41) is 2.57. The van der Waals surface area contributed by atoms with Gasteiger partial charge in [0.25, 0.3) is 0 Å². The standard InChI is InChI=1S/C17H24N2O5S/c1-4-19(13-9-10-25(22,23)11-13)17(21)16(20)18-14-7-5-6-8-15(14)24-12(2)3/h5-8,12-13H,4,9-11H2,1-3H3,(H,18,20). The van der Waals surface area contributed by atoms with E-state index in [1.807, 2.05) is 13.8 Å². The first-order valence-electron chi connectivity index (χ1n) is 8.31. The Hall–Kier alpha value is -2.09. The summed E-state index contributed by atoms with van der Waals surface area (Å²) in [6.07, 6.45) is 0.284. The first-order valence-corrected chi connectivity index (χ1v) is 10.1. The minimum atomic E-state index is -3.13. The number of nitrogens with one attached hydrogen (secondary N) is 1. The van der Waals surface area contributed by atoms with Gasteiger partial charge in [0, 0.05) is 12.6 Å². The Morgan fingerprint density at radius 2 is 2.00 bits per heavy atom. The van der Waals surface area contributed by atoms with E-state index in [9.17, 15) is 18.0 Å². The average Bonchev–Trinajstić information content (AvgIpc) is 2.89. The minimum absolute atomic E-state index is 0.0497. The van der Waals surface area contributed by atoms with Crippen molar-refractivity contribution in [2.45, 2.75) is 39.3 Å². The second kappa shape index (κ2) is 7.86. The molecule has 1 unspecified atom stereocenters.